The van der Waals surface area contributed by atoms with Gasteiger partial charge in [0.05, 0.1) is 0 Å². The highest BCUT2D eigenvalue weighted by molar-refractivity contribution is 5.67. The van der Waals surface area contributed by atoms with Gasteiger partial charge in [-0.1, -0.05) is 69.9 Å². The van der Waals surface area contributed by atoms with E-state index in [1.807, 2.05) is 30.3 Å². The molecule has 1 aromatic rings. The van der Waals surface area contributed by atoms with Gasteiger partial charge in [-0.2, -0.15) is 0 Å². The number of hydrogen-bond acceptors (Lipinski definition) is 3. The van der Waals surface area contributed by atoms with E-state index in [1.165, 1.54) is 32.1 Å². The highest BCUT2D eigenvalue weighted by Gasteiger charge is 2.29. The Labute approximate surface area is 152 Å². The predicted molar refractivity (Wildman–Crippen MR) is 102 cm³/mol. The van der Waals surface area contributed by atoms with Gasteiger partial charge < -0.3 is 15.4 Å². The van der Waals surface area contributed by atoms with Crippen LogP contribution in [-0.4, -0.2) is 24.7 Å². The molecule has 1 aliphatic rings. The fourth-order valence-electron chi connectivity index (χ4n) is 3.17. The molecule has 0 spiro atoms. The molecule has 25 heavy (non-hydrogen) atoms. The molecule has 2 N–H and O–H groups in total. The molecule has 1 fully saturated rings. The van der Waals surface area contributed by atoms with E-state index < -0.39 is 0 Å². The van der Waals surface area contributed by atoms with Gasteiger partial charge in [-0.3, -0.25) is 0 Å². The molecule has 0 atom stereocenters. The van der Waals surface area contributed by atoms with Crippen LogP contribution in [0.25, 0.3) is 0 Å². The van der Waals surface area contributed by atoms with Crippen LogP contribution in [0.4, 0.5) is 4.79 Å². The molecule has 0 heterocycles. The topological polar surface area (TPSA) is 50.4 Å². The van der Waals surface area contributed by atoms with Gasteiger partial charge in [-0.25, -0.2) is 4.79 Å². The molecule has 0 saturated heterocycles. The van der Waals surface area contributed by atoms with Crippen LogP contribution in [0.1, 0.15) is 64.4 Å². The molecule has 0 aromatic heterocycles. The Kier molecular flexibility index (Phi) is 8.81. The molecule has 0 radical (unpaired) electrons. The SMILES string of the molecule is CC(C)CCCCCCNC1CC(NC(=O)OCc2ccccc2)C1. The van der Waals surface area contributed by atoms with Crippen LogP contribution in [0.2, 0.25) is 0 Å². The van der Waals surface area contributed by atoms with E-state index in [9.17, 15) is 4.79 Å². The monoisotopic (exact) mass is 346 g/mol. The lowest BCUT2D eigenvalue weighted by Gasteiger charge is -2.36. The molecule has 0 aliphatic heterocycles. The largest absolute Gasteiger partial charge is 0.445 e. The van der Waals surface area contributed by atoms with E-state index in [0.29, 0.717) is 12.6 Å². The first kappa shape index (κ1) is 19.8. The van der Waals surface area contributed by atoms with Gasteiger partial charge in [-0.15, -0.1) is 0 Å². The van der Waals surface area contributed by atoms with Crippen molar-refractivity contribution in [1.29, 1.82) is 0 Å². The van der Waals surface area contributed by atoms with Crippen molar-refractivity contribution in [1.82, 2.24) is 10.6 Å². The van der Waals surface area contributed by atoms with Crippen LogP contribution in [0, 0.1) is 5.92 Å². The number of rotatable bonds is 11. The Bertz CT molecular complexity index is 484. The summed E-state index contributed by atoms with van der Waals surface area (Å²) in [7, 11) is 0. The minimum atomic E-state index is -0.308. The van der Waals surface area contributed by atoms with Crippen molar-refractivity contribution in [3.8, 4) is 0 Å². The van der Waals surface area contributed by atoms with Crippen molar-refractivity contribution in [3.05, 3.63) is 35.9 Å². The molecular formula is C21H34N2O2. The van der Waals surface area contributed by atoms with Gasteiger partial charge in [0.1, 0.15) is 6.61 Å². The Morgan fingerprint density at radius 3 is 2.52 bits per heavy atom. The van der Waals surface area contributed by atoms with Crippen LogP contribution >= 0.6 is 0 Å². The summed E-state index contributed by atoms with van der Waals surface area (Å²) in [6.45, 7) is 6.01. The van der Waals surface area contributed by atoms with Crippen LogP contribution in [-0.2, 0) is 11.3 Å². The van der Waals surface area contributed by atoms with E-state index in [1.54, 1.807) is 0 Å². The van der Waals surface area contributed by atoms with Crippen molar-refractivity contribution in [2.45, 2.75) is 77.5 Å². The smallest absolute Gasteiger partial charge is 0.407 e. The van der Waals surface area contributed by atoms with Gasteiger partial charge in [-0.05, 0) is 37.3 Å². The maximum Gasteiger partial charge on any atom is 0.407 e. The van der Waals surface area contributed by atoms with E-state index in [4.69, 9.17) is 4.74 Å². The van der Waals surface area contributed by atoms with Crippen LogP contribution in [0.15, 0.2) is 30.3 Å². The fourth-order valence-corrected chi connectivity index (χ4v) is 3.17. The van der Waals surface area contributed by atoms with Crippen molar-refractivity contribution >= 4 is 6.09 Å². The van der Waals surface area contributed by atoms with Gasteiger partial charge in [0.2, 0.25) is 0 Å². The van der Waals surface area contributed by atoms with E-state index in [2.05, 4.69) is 24.5 Å². The summed E-state index contributed by atoms with van der Waals surface area (Å²) in [5.41, 5.74) is 1.01. The number of benzene rings is 1. The lowest BCUT2D eigenvalue weighted by molar-refractivity contribution is 0.125. The zero-order valence-electron chi connectivity index (χ0n) is 15.8. The average Bonchev–Trinajstić information content (AvgIpc) is 2.57. The molecule has 1 aliphatic carbocycles. The molecule has 1 aromatic carbocycles. The number of ether oxygens (including phenoxy) is 1. The highest BCUT2D eigenvalue weighted by Crippen LogP contribution is 2.20. The maximum atomic E-state index is 11.8. The second-order valence-corrected chi connectivity index (χ2v) is 7.62. The number of unbranched alkanes of at least 4 members (excludes halogenated alkanes) is 3. The van der Waals surface area contributed by atoms with Crippen molar-refractivity contribution in [2.75, 3.05) is 6.54 Å². The lowest BCUT2D eigenvalue weighted by atomic mass is 9.87. The molecule has 0 bridgehead atoms. The Hall–Kier alpha value is -1.55. The number of alkyl carbamates (subject to hydrolysis) is 1. The molecule has 2 rings (SSSR count). The third-order valence-electron chi connectivity index (χ3n) is 4.81. The minimum Gasteiger partial charge on any atom is -0.445 e. The molecule has 140 valence electrons. The standard InChI is InChI=1S/C21H34N2O2/c1-17(2)10-6-3-4-9-13-22-19-14-20(15-19)23-21(24)25-16-18-11-7-5-8-12-18/h5,7-8,11-12,17,19-20,22H,3-4,6,9-10,13-16H2,1-2H3,(H,23,24). The number of amides is 1. The van der Waals surface area contributed by atoms with Crippen molar-refractivity contribution in [2.24, 2.45) is 5.92 Å². The van der Waals surface area contributed by atoms with E-state index in [-0.39, 0.29) is 12.1 Å². The van der Waals surface area contributed by atoms with Crippen LogP contribution in [0.5, 0.6) is 0 Å². The minimum absolute atomic E-state index is 0.256. The summed E-state index contributed by atoms with van der Waals surface area (Å²) in [6, 6.07) is 10.6. The van der Waals surface area contributed by atoms with E-state index in [0.717, 1.165) is 30.9 Å². The third-order valence-corrected chi connectivity index (χ3v) is 4.81. The quantitative estimate of drug-likeness (QED) is 0.574. The number of hydrogen-bond donors (Lipinski definition) is 2. The van der Waals surface area contributed by atoms with E-state index >= 15 is 0 Å². The zero-order valence-corrected chi connectivity index (χ0v) is 15.8. The molecule has 4 heteroatoms. The summed E-state index contributed by atoms with van der Waals surface area (Å²) >= 11 is 0. The summed E-state index contributed by atoms with van der Waals surface area (Å²) in [4.78, 5) is 11.8. The second-order valence-electron chi connectivity index (χ2n) is 7.62. The summed E-state index contributed by atoms with van der Waals surface area (Å²) < 4.78 is 5.25. The number of carbonyl (C=O) groups excluding carboxylic acids is 1. The van der Waals surface area contributed by atoms with Crippen molar-refractivity contribution in [3.63, 3.8) is 0 Å². The molecule has 1 amide bonds. The molecular weight excluding hydrogens is 312 g/mol. The molecule has 4 nitrogen and oxygen atoms in total. The Morgan fingerprint density at radius 1 is 1.08 bits per heavy atom. The van der Waals surface area contributed by atoms with Crippen LogP contribution < -0.4 is 10.6 Å². The number of nitrogens with one attached hydrogen (secondary N) is 2. The lowest BCUT2D eigenvalue weighted by Crippen LogP contribution is -2.52. The maximum absolute atomic E-state index is 11.8. The van der Waals surface area contributed by atoms with Gasteiger partial charge in [0.15, 0.2) is 0 Å². The van der Waals surface area contributed by atoms with Gasteiger partial charge in [0, 0.05) is 12.1 Å². The molecule has 0 unspecified atom stereocenters. The number of carbonyl (C=O) groups is 1. The van der Waals surface area contributed by atoms with Crippen molar-refractivity contribution < 1.29 is 9.53 Å². The Balaban J connectivity index is 1.42. The third kappa shape index (κ3) is 8.39. The summed E-state index contributed by atoms with van der Waals surface area (Å²) in [5, 5.41) is 6.53. The second kappa shape index (κ2) is 11.1. The zero-order chi connectivity index (χ0) is 17.9. The average molecular weight is 347 g/mol. The summed E-state index contributed by atoms with van der Waals surface area (Å²) in [5.74, 6) is 0.830. The molecule has 1 saturated carbocycles. The normalized spacial score (nSPS) is 19.5. The highest BCUT2D eigenvalue weighted by atomic mass is 16.5. The first-order valence-electron chi connectivity index (χ1n) is 9.84. The fraction of sp³-hybridized carbons (Fsp3) is 0.667. The van der Waals surface area contributed by atoms with Gasteiger partial charge in [0.25, 0.3) is 0 Å². The first-order chi connectivity index (χ1) is 12.1. The Morgan fingerprint density at radius 2 is 1.80 bits per heavy atom. The predicted octanol–water partition coefficient (Wildman–Crippen LogP) is 4.64. The van der Waals surface area contributed by atoms with Crippen LogP contribution in [0.3, 0.4) is 0 Å². The summed E-state index contributed by atoms with van der Waals surface area (Å²) in [6.07, 6.45) is 8.34. The van der Waals surface area contributed by atoms with Gasteiger partial charge >= 0.3 is 6.09 Å². The first-order valence-corrected chi connectivity index (χ1v) is 9.84.